The van der Waals surface area contributed by atoms with Crippen LogP contribution in [-0.2, 0) is 18.3 Å². The van der Waals surface area contributed by atoms with E-state index in [1.165, 1.54) is 4.88 Å². The molecule has 0 aromatic carbocycles. The third kappa shape index (κ3) is 5.27. The summed E-state index contributed by atoms with van der Waals surface area (Å²) in [5.41, 5.74) is 0. The van der Waals surface area contributed by atoms with Crippen molar-refractivity contribution in [1.82, 2.24) is 30.3 Å². The molecule has 8 nitrogen and oxygen atoms in total. The summed E-state index contributed by atoms with van der Waals surface area (Å²) >= 11 is 1.80. The molecule has 1 aliphatic rings. The zero-order valence-corrected chi connectivity index (χ0v) is 17.1. The van der Waals surface area contributed by atoms with Crippen LogP contribution in [0.5, 0.6) is 0 Å². The van der Waals surface area contributed by atoms with E-state index < -0.39 is 0 Å². The first-order chi connectivity index (χ1) is 13.2. The Morgan fingerprint density at radius 1 is 1.33 bits per heavy atom. The normalized spacial score (nSPS) is 17.1. The number of aliphatic imine (C=N–C) groups is 1. The molecule has 27 heavy (non-hydrogen) atoms. The molecular formula is C18H29N7OS. The molecule has 148 valence electrons. The van der Waals surface area contributed by atoms with Crippen LogP contribution in [0.3, 0.4) is 0 Å². The maximum Gasteiger partial charge on any atom is 0.191 e. The van der Waals surface area contributed by atoms with Gasteiger partial charge in [0.2, 0.25) is 0 Å². The lowest BCUT2D eigenvalue weighted by atomic mass is 10.2. The molecule has 0 saturated carbocycles. The Kier molecular flexibility index (Phi) is 7.19. The molecule has 1 aliphatic heterocycles. The van der Waals surface area contributed by atoms with E-state index in [0.717, 1.165) is 57.0 Å². The van der Waals surface area contributed by atoms with Gasteiger partial charge in [-0.1, -0.05) is 6.07 Å². The molecule has 0 amide bonds. The van der Waals surface area contributed by atoms with Crippen LogP contribution in [0, 0.1) is 6.92 Å². The highest BCUT2D eigenvalue weighted by Gasteiger charge is 2.23. The standard InChI is InChI=1S/C18H29N7OS/c1-4-19-18(21-13-17-23-22-14(2)24(17)3)20-12-15(16-6-5-11-27-16)25-7-9-26-10-8-25/h5-6,11,15H,4,7-10,12-13H2,1-3H3,(H2,19,20,21). The fourth-order valence-corrected chi connectivity index (χ4v) is 3.91. The Balaban J connectivity index is 1.66. The Morgan fingerprint density at radius 3 is 2.78 bits per heavy atom. The minimum atomic E-state index is 0.315. The van der Waals surface area contributed by atoms with Crippen molar-refractivity contribution in [1.29, 1.82) is 0 Å². The largest absolute Gasteiger partial charge is 0.379 e. The molecule has 0 spiro atoms. The summed E-state index contributed by atoms with van der Waals surface area (Å²) in [6, 6.07) is 4.64. The molecule has 2 aromatic rings. The van der Waals surface area contributed by atoms with Gasteiger partial charge in [-0.25, -0.2) is 4.99 Å². The zero-order valence-electron chi connectivity index (χ0n) is 16.3. The van der Waals surface area contributed by atoms with Crippen LogP contribution in [0.2, 0.25) is 0 Å². The van der Waals surface area contributed by atoms with Crippen LogP contribution < -0.4 is 10.6 Å². The number of aromatic nitrogens is 3. The number of aryl methyl sites for hydroxylation is 1. The van der Waals surface area contributed by atoms with E-state index in [2.05, 4.69) is 55.2 Å². The first-order valence-corrected chi connectivity index (χ1v) is 10.3. The van der Waals surface area contributed by atoms with Crippen LogP contribution >= 0.6 is 11.3 Å². The average Bonchev–Trinajstić information content (AvgIpc) is 3.32. The highest BCUT2D eigenvalue weighted by molar-refractivity contribution is 7.10. The predicted octanol–water partition coefficient (Wildman–Crippen LogP) is 1.31. The van der Waals surface area contributed by atoms with Gasteiger partial charge < -0.3 is 19.9 Å². The number of guanidine groups is 1. The molecular weight excluding hydrogens is 362 g/mol. The van der Waals surface area contributed by atoms with Crippen molar-refractivity contribution in [3.8, 4) is 0 Å². The van der Waals surface area contributed by atoms with Crippen molar-refractivity contribution in [2.75, 3.05) is 39.4 Å². The molecule has 1 saturated heterocycles. The topological polar surface area (TPSA) is 79.6 Å². The molecule has 3 heterocycles. The van der Waals surface area contributed by atoms with Crippen LogP contribution in [0.15, 0.2) is 22.5 Å². The second-order valence-electron chi connectivity index (χ2n) is 6.48. The molecule has 1 fully saturated rings. The Bertz CT molecular complexity index is 722. The van der Waals surface area contributed by atoms with Crippen LogP contribution in [-0.4, -0.2) is 65.0 Å². The van der Waals surface area contributed by atoms with Gasteiger partial charge in [-0.3, -0.25) is 4.90 Å². The zero-order chi connectivity index (χ0) is 19.1. The maximum absolute atomic E-state index is 5.52. The first-order valence-electron chi connectivity index (χ1n) is 9.41. The van der Waals surface area contributed by atoms with E-state index in [9.17, 15) is 0 Å². The van der Waals surface area contributed by atoms with Gasteiger partial charge in [0.15, 0.2) is 11.8 Å². The van der Waals surface area contributed by atoms with E-state index in [-0.39, 0.29) is 0 Å². The highest BCUT2D eigenvalue weighted by Crippen LogP contribution is 2.25. The number of thiophene rings is 1. The maximum atomic E-state index is 5.52. The van der Waals surface area contributed by atoms with E-state index in [1.807, 2.05) is 18.5 Å². The minimum absolute atomic E-state index is 0.315. The third-order valence-corrected chi connectivity index (χ3v) is 5.70. The second kappa shape index (κ2) is 9.82. The Hall–Kier alpha value is -1.97. The number of hydrogen-bond acceptors (Lipinski definition) is 6. The average molecular weight is 392 g/mol. The summed E-state index contributed by atoms with van der Waals surface area (Å²) in [5.74, 6) is 2.55. The summed E-state index contributed by atoms with van der Waals surface area (Å²) in [6.45, 7) is 9.61. The van der Waals surface area contributed by atoms with E-state index >= 15 is 0 Å². The number of nitrogens with one attached hydrogen (secondary N) is 2. The molecule has 9 heteroatoms. The molecule has 2 aromatic heterocycles. The summed E-state index contributed by atoms with van der Waals surface area (Å²) in [6.07, 6.45) is 0. The van der Waals surface area contributed by atoms with Gasteiger partial charge in [0.25, 0.3) is 0 Å². The summed E-state index contributed by atoms with van der Waals surface area (Å²) < 4.78 is 7.49. The van der Waals surface area contributed by atoms with Gasteiger partial charge in [0.05, 0.1) is 19.3 Å². The van der Waals surface area contributed by atoms with E-state index in [4.69, 9.17) is 4.74 Å². The van der Waals surface area contributed by atoms with Crippen LogP contribution in [0.1, 0.15) is 29.5 Å². The van der Waals surface area contributed by atoms with Crippen molar-refractivity contribution in [2.24, 2.45) is 12.0 Å². The van der Waals surface area contributed by atoms with E-state index in [0.29, 0.717) is 12.6 Å². The van der Waals surface area contributed by atoms with Crippen molar-refractivity contribution in [3.05, 3.63) is 34.0 Å². The summed E-state index contributed by atoms with van der Waals surface area (Å²) in [5, 5.41) is 17.3. The summed E-state index contributed by atoms with van der Waals surface area (Å²) in [4.78, 5) is 8.54. The van der Waals surface area contributed by atoms with E-state index in [1.54, 1.807) is 11.3 Å². The van der Waals surface area contributed by atoms with Gasteiger partial charge in [-0.05, 0) is 25.3 Å². The van der Waals surface area contributed by atoms with Crippen LogP contribution in [0.25, 0.3) is 0 Å². The number of nitrogens with zero attached hydrogens (tertiary/aromatic N) is 5. The van der Waals surface area contributed by atoms with Crippen molar-refractivity contribution >= 4 is 17.3 Å². The fourth-order valence-electron chi connectivity index (χ4n) is 3.05. The lowest BCUT2D eigenvalue weighted by Gasteiger charge is -2.34. The highest BCUT2D eigenvalue weighted by atomic mass is 32.1. The summed E-state index contributed by atoms with van der Waals surface area (Å²) in [7, 11) is 1.96. The first kappa shape index (κ1) is 19.8. The number of rotatable bonds is 7. The van der Waals surface area contributed by atoms with Gasteiger partial charge in [0, 0.05) is 38.1 Å². The monoisotopic (exact) mass is 391 g/mol. The van der Waals surface area contributed by atoms with Crippen LogP contribution in [0.4, 0.5) is 0 Å². The van der Waals surface area contributed by atoms with Gasteiger partial charge in [-0.15, -0.1) is 21.5 Å². The Morgan fingerprint density at radius 2 is 2.15 bits per heavy atom. The fraction of sp³-hybridized carbons (Fsp3) is 0.611. The predicted molar refractivity (Wildman–Crippen MR) is 108 cm³/mol. The number of morpholine rings is 1. The third-order valence-electron chi connectivity index (χ3n) is 4.73. The molecule has 1 unspecified atom stereocenters. The molecule has 0 aliphatic carbocycles. The second-order valence-corrected chi connectivity index (χ2v) is 7.46. The lowest BCUT2D eigenvalue weighted by molar-refractivity contribution is 0.0177. The van der Waals surface area contributed by atoms with Crippen molar-refractivity contribution < 1.29 is 4.74 Å². The number of hydrogen-bond donors (Lipinski definition) is 2. The quantitative estimate of drug-likeness (QED) is 0.547. The SMILES string of the molecule is CCNC(=NCc1nnc(C)n1C)NCC(c1cccs1)N1CCOCC1. The minimum Gasteiger partial charge on any atom is -0.379 e. The molecule has 2 N–H and O–H groups in total. The molecule has 0 radical (unpaired) electrons. The lowest BCUT2D eigenvalue weighted by Crippen LogP contribution is -2.46. The van der Waals surface area contributed by atoms with Gasteiger partial charge in [-0.2, -0.15) is 0 Å². The number of ether oxygens (including phenoxy) is 1. The smallest absolute Gasteiger partial charge is 0.191 e. The van der Waals surface area contributed by atoms with Gasteiger partial charge in [0.1, 0.15) is 12.4 Å². The molecule has 0 bridgehead atoms. The molecule has 3 rings (SSSR count). The molecule has 1 atom stereocenters. The van der Waals surface area contributed by atoms with Crippen molar-refractivity contribution in [2.45, 2.75) is 26.4 Å². The van der Waals surface area contributed by atoms with Crippen molar-refractivity contribution in [3.63, 3.8) is 0 Å². The Labute approximate surface area is 164 Å². The van der Waals surface area contributed by atoms with Gasteiger partial charge >= 0.3 is 0 Å².